The van der Waals surface area contributed by atoms with Crippen LogP contribution in [0.2, 0.25) is 0 Å². The molecule has 2 N–H and O–H groups in total. The predicted molar refractivity (Wildman–Crippen MR) is 74.4 cm³/mol. The van der Waals surface area contributed by atoms with Gasteiger partial charge in [-0.15, -0.1) is 0 Å². The number of hydrogen-bond donors (Lipinski definition) is 1. The van der Waals surface area contributed by atoms with E-state index in [1.807, 2.05) is 13.0 Å². The Morgan fingerprint density at radius 3 is 2.72 bits per heavy atom. The topological polar surface area (TPSA) is 29.3 Å². The van der Waals surface area contributed by atoms with Crippen molar-refractivity contribution in [3.63, 3.8) is 0 Å². The van der Waals surface area contributed by atoms with E-state index in [-0.39, 0.29) is 17.3 Å². The van der Waals surface area contributed by atoms with Crippen LogP contribution < -0.4 is 10.6 Å². The van der Waals surface area contributed by atoms with E-state index in [4.69, 9.17) is 5.73 Å². The summed E-state index contributed by atoms with van der Waals surface area (Å²) < 4.78 is 14.1. The van der Waals surface area contributed by atoms with Crippen molar-refractivity contribution < 1.29 is 4.39 Å². The Balaban J connectivity index is 2.31. The van der Waals surface area contributed by atoms with E-state index in [0.29, 0.717) is 0 Å². The van der Waals surface area contributed by atoms with Crippen molar-refractivity contribution in [2.75, 3.05) is 18.0 Å². The number of hydrogen-bond acceptors (Lipinski definition) is 2. The third kappa shape index (κ3) is 2.83. The minimum Gasteiger partial charge on any atom is -0.368 e. The zero-order valence-electron chi connectivity index (χ0n) is 11.5. The van der Waals surface area contributed by atoms with E-state index in [1.54, 1.807) is 12.1 Å². The predicted octanol–water partition coefficient (Wildman–Crippen LogP) is 2.95. The van der Waals surface area contributed by atoms with Gasteiger partial charge in [-0.1, -0.05) is 26.0 Å². The van der Waals surface area contributed by atoms with E-state index in [0.717, 1.165) is 37.2 Å². The maximum atomic E-state index is 14.1. The first kappa shape index (κ1) is 13.3. The van der Waals surface area contributed by atoms with Gasteiger partial charge in [0.15, 0.2) is 0 Å². The molecule has 1 atom stereocenters. The number of nitrogens with two attached hydrogens (primary N) is 1. The number of rotatable bonds is 3. The van der Waals surface area contributed by atoms with Gasteiger partial charge in [0.25, 0.3) is 0 Å². The van der Waals surface area contributed by atoms with E-state index in [1.165, 1.54) is 0 Å². The molecule has 0 spiro atoms. The van der Waals surface area contributed by atoms with Crippen LogP contribution in [0.4, 0.5) is 10.1 Å². The molecule has 0 aliphatic carbocycles. The molecular formula is C15H23FN2. The SMILES string of the molecule is CC(N)Cc1cccc(F)c1N1CCC(C)(C)C1. The van der Waals surface area contributed by atoms with Crippen LogP contribution >= 0.6 is 0 Å². The summed E-state index contributed by atoms with van der Waals surface area (Å²) in [6.45, 7) is 8.28. The van der Waals surface area contributed by atoms with Crippen LogP contribution in [-0.2, 0) is 6.42 Å². The third-order valence-electron chi connectivity index (χ3n) is 3.61. The van der Waals surface area contributed by atoms with Crippen LogP contribution in [0.5, 0.6) is 0 Å². The summed E-state index contributed by atoms with van der Waals surface area (Å²) in [6.07, 6.45) is 1.84. The first-order valence-corrected chi connectivity index (χ1v) is 6.67. The average molecular weight is 250 g/mol. The van der Waals surface area contributed by atoms with Crippen LogP contribution in [-0.4, -0.2) is 19.1 Å². The monoisotopic (exact) mass is 250 g/mol. The molecule has 1 aromatic carbocycles. The van der Waals surface area contributed by atoms with Crippen molar-refractivity contribution in [1.29, 1.82) is 0 Å². The van der Waals surface area contributed by atoms with Gasteiger partial charge in [0.05, 0.1) is 5.69 Å². The molecule has 1 saturated heterocycles. The standard InChI is InChI=1S/C15H23FN2/c1-11(17)9-12-5-4-6-13(16)14(12)18-8-7-15(2,3)10-18/h4-6,11H,7-10,17H2,1-3H3. The highest BCUT2D eigenvalue weighted by molar-refractivity contribution is 5.56. The van der Waals surface area contributed by atoms with Gasteiger partial charge < -0.3 is 10.6 Å². The normalized spacial score (nSPS) is 20.2. The zero-order chi connectivity index (χ0) is 13.3. The van der Waals surface area contributed by atoms with Gasteiger partial charge in [-0.05, 0) is 36.8 Å². The lowest BCUT2D eigenvalue weighted by atomic mass is 9.93. The Morgan fingerprint density at radius 2 is 2.17 bits per heavy atom. The third-order valence-corrected chi connectivity index (χ3v) is 3.61. The number of nitrogens with zero attached hydrogens (tertiary/aromatic N) is 1. The summed E-state index contributed by atoms with van der Waals surface area (Å²) in [7, 11) is 0. The highest BCUT2D eigenvalue weighted by atomic mass is 19.1. The molecule has 0 aromatic heterocycles. The fraction of sp³-hybridized carbons (Fsp3) is 0.600. The summed E-state index contributed by atoms with van der Waals surface area (Å²) in [5.41, 5.74) is 7.92. The molecule has 1 heterocycles. The second-order valence-corrected chi connectivity index (χ2v) is 6.26. The molecule has 1 aromatic rings. The molecular weight excluding hydrogens is 227 g/mol. The summed E-state index contributed by atoms with van der Waals surface area (Å²) in [5.74, 6) is -0.120. The summed E-state index contributed by atoms with van der Waals surface area (Å²) in [4.78, 5) is 2.17. The lowest BCUT2D eigenvalue weighted by Gasteiger charge is -2.25. The molecule has 0 bridgehead atoms. The average Bonchev–Trinajstić information content (AvgIpc) is 2.58. The van der Waals surface area contributed by atoms with Gasteiger partial charge in [0.1, 0.15) is 5.82 Å². The fourth-order valence-corrected chi connectivity index (χ4v) is 2.73. The molecule has 3 heteroatoms. The van der Waals surface area contributed by atoms with Gasteiger partial charge in [0, 0.05) is 19.1 Å². The van der Waals surface area contributed by atoms with Gasteiger partial charge in [-0.3, -0.25) is 0 Å². The number of halogens is 1. The Morgan fingerprint density at radius 1 is 1.44 bits per heavy atom. The molecule has 1 unspecified atom stereocenters. The van der Waals surface area contributed by atoms with Crippen molar-refractivity contribution in [3.05, 3.63) is 29.6 Å². The second kappa shape index (κ2) is 4.88. The fourth-order valence-electron chi connectivity index (χ4n) is 2.73. The number of benzene rings is 1. The first-order chi connectivity index (χ1) is 8.39. The van der Waals surface area contributed by atoms with Gasteiger partial charge >= 0.3 is 0 Å². The van der Waals surface area contributed by atoms with Gasteiger partial charge in [0.2, 0.25) is 0 Å². The lowest BCUT2D eigenvalue weighted by molar-refractivity contribution is 0.418. The molecule has 0 radical (unpaired) electrons. The molecule has 100 valence electrons. The Labute approximate surface area is 109 Å². The van der Waals surface area contributed by atoms with Gasteiger partial charge in [-0.25, -0.2) is 4.39 Å². The quantitative estimate of drug-likeness (QED) is 0.893. The highest BCUT2D eigenvalue weighted by Crippen LogP contribution is 2.35. The Hall–Kier alpha value is -1.09. The van der Waals surface area contributed by atoms with Crippen LogP contribution in [0.15, 0.2) is 18.2 Å². The largest absolute Gasteiger partial charge is 0.368 e. The summed E-state index contributed by atoms with van der Waals surface area (Å²) >= 11 is 0. The zero-order valence-corrected chi connectivity index (χ0v) is 11.5. The molecule has 2 nitrogen and oxygen atoms in total. The summed E-state index contributed by atoms with van der Waals surface area (Å²) in [6, 6.07) is 5.37. The van der Waals surface area contributed by atoms with Crippen LogP contribution in [0.25, 0.3) is 0 Å². The molecule has 0 saturated carbocycles. The van der Waals surface area contributed by atoms with Crippen molar-refractivity contribution >= 4 is 5.69 Å². The number of anilines is 1. The van der Waals surface area contributed by atoms with Crippen molar-refractivity contribution in [2.24, 2.45) is 11.1 Å². The minimum absolute atomic E-state index is 0.0566. The van der Waals surface area contributed by atoms with Gasteiger partial charge in [-0.2, -0.15) is 0 Å². The molecule has 1 aliphatic rings. The van der Waals surface area contributed by atoms with Crippen LogP contribution in [0, 0.1) is 11.2 Å². The van der Waals surface area contributed by atoms with Crippen molar-refractivity contribution in [2.45, 2.75) is 39.7 Å². The highest BCUT2D eigenvalue weighted by Gasteiger charge is 2.31. The Kier molecular flexibility index (Phi) is 3.62. The van der Waals surface area contributed by atoms with Crippen LogP contribution in [0.3, 0.4) is 0 Å². The minimum atomic E-state index is -0.120. The molecule has 1 fully saturated rings. The van der Waals surface area contributed by atoms with E-state index in [2.05, 4.69) is 18.7 Å². The van der Waals surface area contributed by atoms with E-state index in [9.17, 15) is 4.39 Å². The van der Waals surface area contributed by atoms with E-state index >= 15 is 0 Å². The second-order valence-electron chi connectivity index (χ2n) is 6.26. The smallest absolute Gasteiger partial charge is 0.146 e. The lowest BCUT2D eigenvalue weighted by Crippen LogP contribution is -2.26. The summed E-state index contributed by atoms with van der Waals surface area (Å²) in [5, 5.41) is 0. The molecule has 2 rings (SSSR count). The number of para-hydroxylation sites is 1. The van der Waals surface area contributed by atoms with Crippen molar-refractivity contribution in [3.8, 4) is 0 Å². The molecule has 0 amide bonds. The van der Waals surface area contributed by atoms with E-state index < -0.39 is 0 Å². The van der Waals surface area contributed by atoms with Crippen LogP contribution in [0.1, 0.15) is 32.8 Å². The maximum absolute atomic E-state index is 14.1. The van der Waals surface area contributed by atoms with Crippen molar-refractivity contribution in [1.82, 2.24) is 0 Å². The molecule has 1 aliphatic heterocycles. The first-order valence-electron chi connectivity index (χ1n) is 6.67. The maximum Gasteiger partial charge on any atom is 0.146 e. The Bertz CT molecular complexity index is 427. The molecule has 18 heavy (non-hydrogen) atoms.